The lowest BCUT2D eigenvalue weighted by Crippen LogP contribution is -2.45. The largest absolute Gasteiger partial charge is 0.468 e. The monoisotopic (exact) mass is 231 g/mol. The first-order valence-electron chi connectivity index (χ1n) is 5.60. The molecule has 1 rings (SSSR count). The fraction of sp³-hybridized carbons (Fsp3) is 0.909. The van der Waals surface area contributed by atoms with Gasteiger partial charge in [0.25, 0.3) is 0 Å². The van der Waals surface area contributed by atoms with Crippen molar-refractivity contribution in [3.63, 3.8) is 0 Å². The van der Waals surface area contributed by atoms with E-state index in [9.17, 15) is 4.79 Å². The molecule has 0 bridgehead atoms. The van der Waals surface area contributed by atoms with Crippen LogP contribution in [0.3, 0.4) is 0 Å². The van der Waals surface area contributed by atoms with Crippen LogP contribution in [0.4, 0.5) is 0 Å². The van der Waals surface area contributed by atoms with Gasteiger partial charge in [-0.1, -0.05) is 6.92 Å². The molecule has 0 aromatic heterocycles. The Morgan fingerprint density at radius 3 is 2.73 bits per heavy atom. The normalized spacial score (nSPS) is 19.7. The minimum atomic E-state index is -0.106. The van der Waals surface area contributed by atoms with Crippen molar-refractivity contribution < 1.29 is 9.53 Å². The molecular formula is C11H21NO2S. The summed E-state index contributed by atoms with van der Waals surface area (Å²) in [5.74, 6) is 2.58. The molecule has 0 saturated heterocycles. The van der Waals surface area contributed by atoms with Crippen LogP contribution in [0.15, 0.2) is 0 Å². The van der Waals surface area contributed by atoms with Gasteiger partial charge in [0, 0.05) is 11.8 Å². The number of thioether (sulfide) groups is 1. The molecule has 4 heteroatoms. The van der Waals surface area contributed by atoms with Crippen molar-refractivity contribution in [1.29, 1.82) is 0 Å². The number of hydrogen-bond acceptors (Lipinski definition) is 4. The summed E-state index contributed by atoms with van der Waals surface area (Å²) >= 11 is 1.90. The molecule has 0 radical (unpaired) electrons. The SMILES string of the molecule is CCSCC(C)NC(C(=O)OC)C1CC1. The van der Waals surface area contributed by atoms with Crippen LogP contribution in [0.25, 0.3) is 0 Å². The molecule has 0 aromatic rings. The van der Waals surface area contributed by atoms with Gasteiger partial charge in [-0.15, -0.1) is 0 Å². The lowest BCUT2D eigenvalue weighted by Gasteiger charge is -2.20. The van der Waals surface area contributed by atoms with Gasteiger partial charge in [0.05, 0.1) is 7.11 Å². The maximum atomic E-state index is 11.5. The number of nitrogens with one attached hydrogen (secondary N) is 1. The maximum Gasteiger partial charge on any atom is 0.323 e. The minimum absolute atomic E-state index is 0.0811. The van der Waals surface area contributed by atoms with Crippen LogP contribution in [0.2, 0.25) is 0 Å². The molecule has 0 aliphatic heterocycles. The lowest BCUT2D eigenvalue weighted by atomic mass is 10.1. The molecule has 1 aliphatic carbocycles. The Hall–Kier alpha value is -0.220. The Bertz CT molecular complexity index is 207. The molecule has 15 heavy (non-hydrogen) atoms. The number of hydrogen-bond donors (Lipinski definition) is 1. The van der Waals surface area contributed by atoms with Crippen molar-refractivity contribution in [1.82, 2.24) is 5.32 Å². The van der Waals surface area contributed by atoms with Crippen LogP contribution < -0.4 is 5.32 Å². The number of methoxy groups -OCH3 is 1. The zero-order chi connectivity index (χ0) is 11.3. The van der Waals surface area contributed by atoms with E-state index in [1.165, 1.54) is 7.11 Å². The predicted octanol–water partition coefficient (Wildman–Crippen LogP) is 1.67. The van der Waals surface area contributed by atoms with E-state index in [0.717, 1.165) is 24.3 Å². The molecular weight excluding hydrogens is 210 g/mol. The summed E-state index contributed by atoms with van der Waals surface area (Å²) in [6.07, 6.45) is 2.31. The first-order valence-corrected chi connectivity index (χ1v) is 6.76. The molecule has 2 unspecified atom stereocenters. The average Bonchev–Trinajstić information content (AvgIpc) is 3.05. The smallest absolute Gasteiger partial charge is 0.323 e. The van der Waals surface area contributed by atoms with E-state index in [0.29, 0.717) is 12.0 Å². The highest BCUT2D eigenvalue weighted by Gasteiger charge is 2.37. The summed E-state index contributed by atoms with van der Waals surface area (Å²) in [4.78, 5) is 11.5. The summed E-state index contributed by atoms with van der Waals surface area (Å²) in [6, 6.07) is 0.294. The standard InChI is InChI=1S/C11H21NO2S/c1-4-15-7-8(2)12-10(9-5-6-9)11(13)14-3/h8-10,12H,4-7H2,1-3H3. The number of carbonyl (C=O) groups excluding carboxylic acids is 1. The molecule has 1 aliphatic rings. The van der Waals surface area contributed by atoms with Gasteiger partial charge in [0.2, 0.25) is 0 Å². The topological polar surface area (TPSA) is 38.3 Å². The van der Waals surface area contributed by atoms with Crippen LogP contribution >= 0.6 is 11.8 Å². The van der Waals surface area contributed by atoms with Gasteiger partial charge in [0.1, 0.15) is 6.04 Å². The Balaban J connectivity index is 2.33. The zero-order valence-electron chi connectivity index (χ0n) is 9.79. The molecule has 0 amide bonds. The fourth-order valence-electron chi connectivity index (χ4n) is 1.60. The molecule has 88 valence electrons. The first kappa shape index (κ1) is 12.8. The molecule has 2 atom stereocenters. The summed E-state index contributed by atoms with van der Waals surface area (Å²) < 4.78 is 4.81. The third-order valence-electron chi connectivity index (χ3n) is 2.58. The molecule has 0 aromatic carbocycles. The minimum Gasteiger partial charge on any atom is -0.468 e. The summed E-state index contributed by atoms with van der Waals surface area (Å²) in [5.41, 5.74) is 0. The van der Waals surface area contributed by atoms with E-state index in [4.69, 9.17) is 4.74 Å². The van der Waals surface area contributed by atoms with Gasteiger partial charge >= 0.3 is 5.97 Å². The van der Waals surface area contributed by atoms with Gasteiger partial charge < -0.3 is 10.1 Å². The van der Waals surface area contributed by atoms with E-state index in [1.807, 2.05) is 11.8 Å². The molecule has 1 fully saturated rings. The lowest BCUT2D eigenvalue weighted by molar-refractivity contribution is -0.143. The van der Waals surface area contributed by atoms with Crippen molar-refractivity contribution in [3.8, 4) is 0 Å². The predicted molar refractivity (Wildman–Crippen MR) is 64.1 cm³/mol. The summed E-state index contributed by atoms with van der Waals surface area (Å²) in [6.45, 7) is 4.27. The highest BCUT2D eigenvalue weighted by Crippen LogP contribution is 2.33. The van der Waals surface area contributed by atoms with Gasteiger partial charge in [-0.3, -0.25) is 4.79 Å². The molecule has 0 spiro atoms. The Kier molecular flexibility index (Phi) is 5.47. The van der Waals surface area contributed by atoms with Gasteiger partial charge in [-0.2, -0.15) is 11.8 Å². The summed E-state index contributed by atoms with van der Waals surface area (Å²) in [5, 5.41) is 3.37. The van der Waals surface area contributed by atoms with Crippen LogP contribution in [0.1, 0.15) is 26.7 Å². The fourth-order valence-corrected chi connectivity index (χ4v) is 2.29. The average molecular weight is 231 g/mol. The third-order valence-corrected chi connectivity index (χ3v) is 3.73. The van der Waals surface area contributed by atoms with E-state index in [1.54, 1.807) is 0 Å². The Labute approximate surface area is 96.3 Å². The highest BCUT2D eigenvalue weighted by molar-refractivity contribution is 7.99. The number of ether oxygens (including phenoxy) is 1. The van der Waals surface area contributed by atoms with Crippen molar-refractivity contribution >= 4 is 17.7 Å². The molecule has 1 saturated carbocycles. The van der Waals surface area contributed by atoms with E-state index < -0.39 is 0 Å². The summed E-state index contributed by atoms with van der Waals surface area (Å²) in [7, 11) is 1.46. The molecule has 1 N–H and O–H groups in total. The second kappa shape index (κ2) is 6.38. The van der Waals surface area contributed by atoms with Crippen LogP contribution in [-0.4, -0.2) is 36.7 Å². The van der Waals surface area contributed by atoms with Crippen molar-refractivity contribution in [2.24, 2.45) is 5.92 Å². The second-order valence-corrected chi connectivity index (χ2v) is 5.38. The van der Waals surface area contributed by atoms with E-state index >= 15 is 0 Å². The van der Waals surface area contributed by atoms with Crippen molar-refractivity contribution in [3.05, 3.63) is 0 Å². The second-order valence-electron chi connectivity index (χ2n) is 4.07. The van der Waals surface area contributed by atoms with Crippen molar-refractivity contribution in [2.45, 2.75) is 38.8 Å². The number of esters is 1. The van der Waals surface area contributed by atoms with Gasteiger partial charge in [-0.05, 0) is 31.4 Å². The Morgan fingerprint density at radius 1 is 1.60 bits per heavy atom. The first-order chi connectivity index (χ1) is 7.19. The van der Waals surface area contributed by atoms with E-state index in [-0.39, 0.29) is 12.0 Å². The zero-order valence-corrected chi connectivity index (χ0v) is 10.6. The van der Waals surface area contributed by atoms with Crippen LogP contribution in [-0.2, 0) is 9.53 Å². The van der Waals surface area contributed by atoms with Crippen LogP contribution in [0.5, 0.6) is 0 Å². The molecule has 3 nitrogen and oxygen atoms in total. The third kappa shape index (κ3) is 4.43. The van der Waals surface area contributed by atoms with E-state index in [2.05, 4.69) is 19.2 Å². The molecule has 0 heterocycles. The van der Waals surface area contributed by atoms with Crippen LogP contribution in [0, 0.1) is 5.92 Å². The Morgan fingerprint density at radius 2 is 2.27 bits per heavy atom. The quantitative estimate of drug-likeness (QED) is 0.676. The highest BCUT2D eigenvalue weighted by atomic mass is 32.2. The number of carbonyl (C=O) groups is 1. The maximum absolute atomic E-state index is 11.5. The number of rotatable bonds is 7. The van der Waals surface area contributed by atoms with Gasteiger partial charge in [-0.25, -0.2) is 0 Å². The van der Waals surface area contributed by atoms with Gasteiger partial charge in [0.15, 0.2) is 0 Å². The van der Waals surface area contributed by atoms with Crippen molar-refractivity contribution in [2.75, 3.05) is 18.6 Å².